The van der Waals surface area contributed by atoms with Crippen LogP contribution in [0.25, 0.3) is 0 Å². The van der Waals surface area contributed by atoms with E-state index in [1.54, 1.807) is 6.07 Å². The molecular formula is C13H12FN3O2. The van der Waals surface area contributed by atoms with Gasteiger partial charge in [0.15, 0.2) is 0 Å². The summed E-state index contributed by atoms with van der Waals surface area (Å²) in [6.07, 6.45) is 2.19. The van der Waals surface area contributed by atoms with E-state index in [2.05, 4.69) is 15.3 Å². The average molecular weight is 261 g/mol. The number of carboxylic acid groups (broad SMARTS) is 1. The summed E-state index contributed by atoms with van der Waals surface area (Å²) in [6.45, 7) is 1.97. The van der Waals surface area contributed by atoms with Gasteiger partial charge in [0.2, 0.25) is 0 Å². The minimum absolute atomic E-state index is 0.359. The van der Waals surface area contributed by atoms with E-state index in [1.807, 2.05) is 6.92 Å². The molecule has 19 heavy (non-hydrogen) atoms. The summed E-state index contributed by atoms with van der Waals surface area (Å²) in [5.74, 6) is -1.55. The van der Waals surface area contributed by atoms with Crippen molar-refractivity contribution >= 4 is 17.5 Å². The van der Waals surface area contributed by atoms with Crippen molar-refractivity contribution in [3.8, 4) is 0 Å². The van der Waals surface area contributed by atoms with Gasteiger partial charge in [0.1, 0.15) is 18.0 Å². The maximum Gasteiger partial charge on any atom is 0.338 e. The Kier molecular flexibility index (Phi) is 3.70. The number of aryl methyl sites for hydroxylation is 1. The van der Waals surface area contributed by atoms with Crippen LogP contribution in [0.15, 0.2) is 30.6 Å². The highest BCUT2D eigenvalue weighted by atomic mass is 19.1. The first-order chi connectivity index (χ1) is 9.10. The summed E-state index contributed by atoms with van der Waals surface area (Å²) in [5, 5.41) is 11.6. The van der Waals surface area contributed by atoms with Gasteiger partial charge in [-0.15, -0.1) is 0 Å². The number of carboxylic acids is 1. The third-order valence-electron chi connectivity index (χ3n) is 2.56. The van der Waals surface area contributed by atoms with Gasteiger partial charge in [-0.25, -0.2) is 19.2 Å². The molecule has 1 aromatic carbocycles. The second-order valence-electron chi connectivity index (χ2n) is 3.87. The molecule has 0 bridgehead atoms. The van der Waals surface area contributed by atoms with Crippen molar-refractivity contribution in [2.45, 2.75) is 13.3 Å². The molecule has 2 N–H and O–H groups in total. The van der Waals surface area contributed by atoms with Gasteiger partial charge in [-0.3, -0.25) is 0 Å². The fourth-order valence-corrected chi connectivity index (χ4v) is 1.57. The summed E-state index contributed by atoms with van der Waals surface area (Å²) in [5.41, 5.74) is 0.936. The SMILES string of the molecule is CCc1cc(Nc2ccc(C(=O)O)c(F)c2)ncn1. The van der Waals surface area contributed by atoms with Gasteiger partial charge >= 0.3 is 5.97 Å². The molecule has 0 saturated carbocycles. The number of hydrogen-bond donors (Lipinski definition) is 2. The number of benzene rings is 1. The number of aromatic nitrogens is 2. The first kappa shape index (κ1) is 12.9. The van der Waals surface area contributed by atoms with Crippen LogP contribution in [-0.2, 0) is 6.42 Å². The molecule has 0 amide bonds. The smallest absolute Gasteiger partial charge is 0.338 e. The van der Waals surface area contributed by atoms with E-state index in [4.69, 9.17) is 5.11 Å². The predicted molar refractivity (Wildman–Crippen MR) is 68.1 cm³/mol. The molecule has 5 nitrogen and oxygen atoms in total. The van der Waals surface area contributed by atoms with Crippen LogP contribution < -0.4 is 5.32 Å². The Morgan fingerprint density at radius 1 is 1.37 bits per heavy atom. The van der Waals surface area contributed by atoms with Crippen molar-refractivity contribution in [1.29, 1.82) is 0 Å². The molecule has 98 valence electrons. The molecule has 1 heterocycles. The Labute approximate surface area is 109 Å². The molecule has 1 aromatic heterocycles. The molecule has 0 radical (unpaired) electrons. The highest BCUT2D eigenvalue weighted by Crippen LogP contribution is 2.18. The minimum Gasteiger partial charge on any atom is -0.478 e. The van der Waals surface area contributed by atoms with Crippen molar-refractivity contribution in [1.82, 2.24) is 9.97 Å². The first-order valence-electron chi connectivity index (χ1n) is 5.71. The number of halogens is 1. The van der Waals surface area contributed by atoms with Gasteiger partial charge in [0.05, 0.1) is 5.56 Å². The zero-order chi connectivity index (χ0) is 13.8. The van der Waals surface area contributed by atoms with Gasteiger partial charge in [0.25, 0.3) is 0 Å². The lowest BCUT2D eigenvalue weighted by molar-refractivity contribution is 0.0692. The van der Waals surface area contributed by atoms with Crippen LogP contribution in [0.4, 0.5) is 15.9 Å². The monoisotopic (exact) mass is 261 g/mol. The summed E-state index contributed by atoms with van der Waals surface area (Å²) in [4.78, 5) is 18.8. The molecule has 6 heteroatoms. The van der Waals surface area contributed by atoms with Crippen molar-refractivity contribution in [2.24, 2.45) is 0 Å². The van der Waals surface area contributed by atoms with Crippen LogP contribution in [0.2, 0.25) is 0 Å². The summed E-state index contributed by atoms with van der Waals surface area (Å²) in [6, 6.07) is 5.57. The Hall–Kier alpha value is -2.50. The van der Waals surface area contributed by atoms with Crippen LogP contribution in [-0.4, -0.2) is 21.0 Å². The van der Waals surface area contributed by atoms with Crippen molar-refractivity contribution in [3.63, 3.8) is 0 Å². The molecule has 0 aliphatic heterocycles. The zero-order valence-electron chi connectivity index (χ0n) is 10.2. The minimum atomic E-state index is -1.29. The number of nitrogens with one attached hydrogen (secondary N) is 1. The maximum absolute atomic E-state index is 13.5. The van der Waals surface area contributed by atoms with Gasteiger partial charge in [-0.1, -0.05) is 6.92 Å². The standard InChI is InChI=1S/C13H12FN3O2/c1-2-8-6-12(16-7-15-8)17-9-3-4-10(13(18)19)11(14)5-9/h3-7H,2H2,1H3,(H,18,19)(H,15,16,17). The lowest BCUT2D eigenvalue weighted by atomic mass is 10.2. The fourth-order valence-electron chi connectivity index (χ4n) is 1.57. The predicted octanol–water partition coefficient (Wildman–Crippen LogP) is 2.62. The third kappa shape index (κ3) is 3.04. The molecule has 0 aliphatic carbocycles. The second-order valence-corrected chi connectivity index (χ2v) is 3.87. The molecule has 0 aliphatic rings. The topological polar surface area (TPSA) is 75.1 Å². The van der Waals surface area contributed by atoms with Crippen molar-refractivity contribution in [2.75, 3.05) is 5.32 Å². The summed E-state index contributed by atoms with van der Waals surface area (Å²) < 4.78 is 13.5. The van der Waals surface area contributed by atoms with Gasteiger partial charge < -0.3 is 10.4 Å². The molecule has 0 saturated heterocycles. The molecule has 0 atom stereocenters. The number of nitrogens with zero attached hydrogens (tertiary/aromatic N) is 2. The Morgan fingerprint density at radius 3 is 2.79 bits per heavy atom. The van der Waals surface area contributed by atoms with E-state index in [0.29, 0.717) is 11.5 Å². The highest BCUT2D eigenvalue weighted by Gasteiger charge is 2.10. The molecule has 0 unspecified atom stereocenters. The number of anilines is 2. The normalized spacial score (nSPS) is 10.2. The maximum atomic E-state index is 13.5. The van der Waals surface area contributed by atoms with Crippen LogP contribution in [0.1, 0.15) is 23.0 Å². The lowest BCUT2D eigenvalue weighted by Crippen LogP contribution is -2.02. The fraction of sp³-hybridized carbons (Fsp3) is 0.154. The quantitative estimate of drug-likeness (QED) is 0.884. The van der Waals surface area contributed by atoms with Gasteiger partial charge in [0, 0.05) is 17.4 Å². The Balaban J connectivity index is 2.23. The Morgan fingerprint density at radius 2 is 2.16 bits per heavy atom. The van der Waals surface area contributed by atoms with Gasteiger partial charge in [-0.2, -0.15) is 0 Å². The number of carbonyl (C=O) groups is 1. The molecular weight excluding hydrogens is 249 g/mol. The first-order valence-corrected chi connectivity index (χ1v) is 5.71. The van der Waals surface area contributed by atoms with Crippen molar-refractivity contribution in [3.05, 3.63) is 47.7 Å². The number of aromatic carboxylic acids is 1. The molecule has 0 fully saturated rings. The number of rotatable bonds is 4. The lowest BCUT2D eigenvalue weighted by Gasteiger charge is -2.07. The van der Waals surface area contributed by atoms with E-state index in [-0.39, 0.29) is 5.56 Å². The van der Waals surface area contributed by atoms with Crippen LogP contribution >= 0.6 is 0 Å². The van der Waals surface area contributed by atoms with E-state index in [9.17, 15) is 9.18 Å². The van der Waals surface area contributed by atoms with Crippen LogP contribution in [0.3, 0.4) is 0 Å². The number of hydrogen-bond acceptors (Lipinski definition) is 4. The summed E-state index contributed by atoms with van der Waals surface area (Å²) in [7, 11) is 0. The van der Waals surface area contributed by atoms with E-state index < -0.39 is 11.8 Å². The van der Waals surface area contributed by atoms with Crippen LogP contribution in [0.5, 0.6) is 0 Å². The zero-order valence-corrected chi connectivity index (χ0v) is 10.2. The second kappa shape index (κ2) is 5.43. The largest absolute Gasteiger partial charge is 0.478 e. The van der Waals surface area contributed by atoms with E-state index in [1.165, 1.54) is 18.5 Å². The third-order valence-corrected chi connectivity index (χ3v) is 2.56. The average Bonchev–Trinajstić information content (AvgIpc) is 2.38. The van der Waals surface area contributed by atoms with E-state index in [0.717, 1.165) is 18.2 Å². The summed E-state index contributed by atoms with van der Waals surface area (Å²) >= 11 is 0. The Bertz CT molecular complexity index is 617. The molecule has 2 rings (SSSR count). The molecule has 2 aromatic rings. The molecule has 0 spiro atoms. The van der Waals surface area contributed by atoms with Crippen molar-refractivity contribution < 1.29 is 14.3 Å². The highest BCUT2D eigenvalue weighted by molar-refractivity contribution is 5.88. The van der Waals surface area contributed by atoms with E-state index >= 15 is 0 Å². The van der Waals surface area contributed by atoms with Gasteiger partial charge in [-0.05, 0) is 24.6 Å². The van der Waals surface area contributed by atoms with Crippen LogP contribution in [0, 0.1) is 5.82 Å².